The average Bonchev–Trinajstić information content (AvgIpc) is 2.67. The van der Waals surface area contributed by atoms with Gasteiger partial charge in [-0.1, -0.05) is 18.2 Å². The molecule has 1 aromatic heterocycles. The molecular formula is C20H22N4O2. The van der Waals surface area contributed by atoms with E-state index in [1.165, 1.54) is 6.92 Å². The third-order valence-electron chi connectivity index (χ3n) is 4.21. The molecule has 1 aliphatic rings. The van der Waals surface area contributed by atoms with Crippen LogP contribution in [0.4, 0.5) is 11.5 Å². The topological polar surface area (TPSA) is 65.5 Å². The number of anilines is 2. The molecule has 0 unspecified atom stereocenters. The molecular weight excluding hydrogens is 328 g/mol. The quantitative estimate of drug-likeness (QED) is 0.860. The SMILES string of the molecule is CC(=O)Nc1ccc(/C=C/C(=O)N2CCN(c3ccccn3)CC2)cc1. The summed E-state index contributed by atoms with van der Waals surface area (Å²) in [6.45, 7) is 4.40. The maximum absolute atomic E-state index is 12.4. The van der Waals surface area contributed by atoms with Gasteiger partial charge in [-0.05, 0) is 35.9 Å². The Balaban J connectivity index is 1.52. The number of rotatable bonds is 4. The second-order valence-corrected chi connectivity index (χ2v) is 6.14. The zero-order valence-electron chi connectivity index (χ0n) is 14.8. The predicted octanol–water partition coefficient (Wildman–Crippen LogP) is 2.40. The summed E-state index contributed by atoms with van der Waals surface area (Å²) in [5, 5.41) is 2.72. The lowest BCUT2D eigenvalue weighted by Gasteiger charge is -2.34. The van der Waals surface area contributed by atoms with E-state index in [4.69, 9.17) is 0 Å². The summed E-state index contributed by atoms with van der Waals surface area (Å²) < 4.78 is 0. The van der Waals surface area contributed by atoms with E-state index in [1.54, 1.807) is 18.3 Å². The van der Waals surface area contributed by atoms with Gasteiger partial charge in [0.2, 0.25) is 11.8 Å². The standard InChI is InChI=1S/C20H22N4O2/c1-16(25)22-18-8-5-17(6-9-18)7-10-20(26)24-14-12-23(13-15-24)19-4-2-3-11-21-19/h2-11H,12-15H2,1H3,(H,22,25)/b10-7+. The minimum absolute atomic E-state index is 0.0107. The van der Waals surface area contributed by atoms with E-state index in [2.05, 4.69) is 15.2 Å². The number of amides is 2. The van der Waals surface area contributed by atoms with Gasteiger partial charge < -0.3 is 15.1 Å². The van der Waals surface area contributed by atoms with Crippen LogP contribution in [0.1, 0.15) is 12.5 Å². The first-order valence-electron chi connectivity index (χ1n) is 8.62. The molecule has 1 aromatic carbocycles. The number of pyridine rings is 1. The lowest BCUT2D eigenvalue weighted by atomic mass is 10.2. The molecule has 2 aromatic rings. The van der Waals surface area contributed by atoms with Crippen molar-refractivity contribution < 1.29 is 9.59 Å². The summed E-state index contributed by atoms with van der Waals surface area (Å²) in [5.41, 5.74) is 1.66. The molecule has 1 fully saturated rings. The molecule has 0 saturated carbocycles. The van der Waals surface area contributed by atoms with Crippen molar-refractivity contribution in [1.82, 2.24) is 9.88 Å². The number of nitrogens with zero attached hydrogens (tertiary/aromatic N) is 3. The van der Waals surface area contributed by atoms with Gasteiger partial charge in [-0.15, -0.1) is 0 Å². The van der Waals surface area contributed by atoms with Gasteiger partial charge in [0.25, 0.3) is 0 Å². The molecule has 134 valence electrons. The Morgan fingerprint density at radius 3 is 2.38 bits per heavy atom. The third kappa shape index (κ3) is 4.69. The van der Waals surface area contributed by atoms with Gasteiger partial charge in [0.05, 0.1) is 0 Å². The lowest BCUT2D eigenvalue weighted by molar-refractivity contribution is -0.126. The van der Waals surface area contributed by atoms with Crippen molar-refractivity contribution in [3.63, 3.8) is 0 Å². The largest absolute Gasteiger partial charge is 0.353 e. The van der Waals surface area contributed by atoms with E-state index in [0.29, 0.717) is 13.1 Å². The van der Waals surface area contributed by atoms with Crippen molar-refractivity contribution >= 4 is 29.4 Å². The minimum Gasteiger partial charge on any atom is -0.353 e. The second-order valence-electron chi connectivity index (χ2n) is 6.14. The van der Waals surface area contributed by atoms with Crippen molar-refractivity contribution in [3.8, 4) is 0 Å². The average molecular weight is 350 g/mol. The van der Waals surface area contributed by atoms with Gasteiger partial charge in [0.1, 0.15) is 5.82 Å². The van der Waals surface area contributed by atoms with Crippen LogP contribution >= 0.6 is 0 Å². The monoisotopic (exact) mass is 350 g/mol. The van der Waals surface area contributed by atoms with E-state index < -0.39 is 0 Å². The summed E-state index contributed by atoms with van der Waals surface area (Å²) in [7, 11) is 0. The van der Waals surface area contributed by atoms with Crippen molar-refractivity contribution in [2.75, 3.05) is 36.4 Å². The summed E-state index contributed by atoms with van der Waals surface area (Å²) in [6, 6.07) is 13.2. The Bertz CT molecular complexity index is 779. The molecule has 0 radical (unpaired) electrons. The van der Waals surface area contributed by atoms with Crippen molar-refractivity contribution in [2.24, 2.45) is 0 Å². The molecule has 0 spiro atoms. The molecule has 3 rings (SSSR count). The Kier molecular flexibility index (Phi) is 5.63. The smallest absolute Gasteiger partial charge is 0.246 e. The summed E-state index contributed by atoms with van der Waals surface area (Å²) in [5.74, 6) is 0.860. The fourth-order valence-electron chi connectivity index (χ4n) is 2.85. The van der Waals surface area contributed by atoms with Crippen LogP contribution < -0.4 is 10.2 Å². The number of benzene rings is 1. The van der Waals surface area contributed by atoms with E-state index >= 15 is 0 Å². The summed E-state index contributed by atoms with van der Waals surface area (Å²) >= 11 is 0. The highest BCUT2D eigenvalue weighted by Gasteiger charge is 2.20. The van der Waals surface area contributed by atoms with Crippen LogP contribution in [0, 0.1) is 0 Å². The maximum atomic E-state index is 12.4. The molecule has 1 N–H and O–H groups in total. The van der Waals surface area contributed by atoms with Gasteiger partial charge in [-0.3, -0.25) is 9.59 Å². The first-order chi connectivity index (χ1) is 12.6. The molecule has 6 heteroatoms. The van der Waals surface area contributed by atoms with Gasteiger partial charge in [-0.2, -0.15) is 0 Å². The summed E-state index contributed by atoms with van der Waals surface area (Å²) in [6.07, 6.45) is 5.18. The lowest BCUT2D eigenvalue weighted by Crippen LogP contribution is -2.48. The number of carbonyl (C=O) groups excluding carboxylic acids is 2. The first-order valence-corrected chi connectivity index (χ1v) is 8.62. The van der Waals surface area contributed by atoms with Crippen LogP contribution in [0.5, 0.6) is 0 Å². The fourth-order valence-corrected chi connectivity index (χ4v) is 2.85. The Labute approximate surface area is 153 Å². The van der Waals surface area contributed by atoms with E-state index in [-0.39, 0.29) is 11.8 Å². The molecule has 2 heterocycles. The number of nitrogens with one attached hydrogen (secondary N) is 1. The number of hydrogen-bond acceptors (Lipinski definition) is 4. The van der Waals surface area contributed by atoms with Crippen molar-refractivity contribution in [1.29, 1.82) is 0 Å². The maximum Gasteiger partial charge on any atom is 0.246 e. The predicted molar refractivity (Wildman–Crippen MR) is 103 cm³/mol. The fraction of sp³-hybridized carbons (Fsp3) is 0.250. The molecule has 1 aliphatic heterocycles. The van der Waals surface area contributed by atoms with Crippen LogP contribution in [0.3, 0.4) is 0 Å². The molecule has 0 atom stereocenters. The van der Waals surface area contributed by atoms with Gasteiger partial charge >= 0.3 is 0 Å². The van der Waals surface area contributed by atoms with Crippen LogP contribution in [-0.4, -0.2) is 47.9 Å². The Hall–Kier alpha value is -3.15. The minimum atomic E-state index is -0.103. The van der Waals surface area contributed by atoms with Gasteiger partial charge in [0.15, 0.2) is 0 Å². The molecule has 0 aliphatic carbocycles. The Morgan fingerprint density at radius 2 is 1.77 bits per heavy atom. The third-order valence-corrected chi connectivity index (χ3v) is 4.21. The van der Waals surface area contributed by atoms with Crippen molar-refractivity contribution in [3.05, 3.63) is 60.3 Å². The van der Waals surface area contributed by atoms with E-state index in [9.17, 15) is 9.59 Å². The van der Waals surface area contributed by atoms with Crippen LogP contribution in [0.25, 0.3) is 6.08 Å². The molecule has 6 nitrogen and oxygen atoms in total. The number of piperazine rings is 1. The molecule has 1 saturated heterocycles. The molecule has 26 heavy (non-hydrogen) atoms. The second kappa shape index (κ2) is 8.29. The Morgan fingerprint density at radius 1 is 1.04 bits per heavy atom. The molecule has 0 bridgehead atoms. The summed E-state index contributed by atoms with van der Waals surface area (Å²) in [4.78, 5) is 31.8. The van der Waals surface area contributed by atoms with Crippen molar-refractivity contribution in [2.45, 2.75) is 6.92 Å². The highest BCUT2D eigenvalue weighted by Crippen LogP contribution is 2.14. The number of hydrogen-bond donors (Lipinski definition) is 1. The highest BCUT2D eigenvalue weighted by molar-refractivity contribution is 5.92. The van der Waals surface area contributed by atoms with Gasteiger partial charge in [0, 0.05) is 51.1 Å². The number of carbonyl (C=O) groups is 2. The highest BCUT2D eigenvalue weighted by atomic mass is 16.2. The number of aromatic nitrogens is 1. The zero-order valence-corrected chi connectivity index (χ0v) is 14.8. The zero-order chi connectivity index (χ0) is 18.4. The first kappa shape index (κ1) is 17.7. The van der Waals surface area contributed by atoms with Crippen LogP contribution in [-0.2, 0) is 9.59 Å². The van der Waals surface area contributed by atoms with E-state index in [1.807, 2.05) is 47.4 Å². The van der Waals surface area contributed by atoms with Crippen LogP contribution in [0.15, 0.2) is 54.7 Å². The molecule has 2 amide bonds. The van der Waals surface area contributed by atoms with E-state index in [0.717, 1.165) is 30.2 Å². The van der Waals surface area contributed by atoms with Crippen LogP contribution in [0.2, 0.25) is 0 Å². The van der Waals surface area contributed by atoms with Gasteiger partial charge in [-0.25, -0.2) is 4.98 Å². The normalized spacial score (nSPS) is 14.5.